The van der Waals surface area contributed by atoms with Crippen LogP contribution in [0.3, 0.4) is 0 Å². The molecule has 0 aliphatic heterocycles. The van der Waals surface area contributed by atoms with Gasteiger partial charge in [0.15, 0.2) is 0 Å². The fourth-order valence-corrected chi connectivity index (χ4v) is 3.55. The normalized spacial score (nSPS) is 13.1. The molecule has 0 spiro atoms. The van der Waals surface area contributed by atoms with Gasteiger partial charge in [-0.2, -0.15) is 0 Å². The van der Waals surface area contributed by atoms with E-state index in [1.54, 1.807) is 25.3 Å². The Morgan fingerprint density at radius 1 is 1.19 bits per heavy atom. The molecular formula is C15H26N2O3S. The van der Waals surface area contributed by atoms with E-state index in [4.69, 9.17) is 4.74 Å². The molecule has 1 aromatic carbocycles. The number of methoxy groups -OCH3 is 1. The van der Waals surface area contributed by atoms with Crippen molar-refractivity contribution >= 4 is 15.7 Å². The maximum absolute atomic E-state index is 12.6. The SMILES string of the molecule is CCCNc1ccccc1S(=O)(=O)NC(CCC)COC. The van der Waals surface area contributed by atoms with E-state index in [-0.39, 0.29) is 10.9 Å². The fourth-order valence-electron chi connectivity index (χ4n) is 2.12. The monoisotopic (exact) mass is 314 g/mol. The van der Waals surface area contributed by atoms with Gasteiger partial charge in [-0.3, -0.25) is 0 Å². The van der Waals surface area contributed by atoms with Gasteiger partial charge in [-0.25, -0.2) is 13.1 Å². The lowest BCUT2D eigenvalue weighted by molar-refractivity contribution is 0.171. The molecule has 0 amide bonds. The summed E-state index contributed by atoms with van der Waals surface area (Å²) < 4.78 is 33.0. The van der Waals surface area contributed by atoms with E-state index in [1.807, 2.05) is 19.9 Å². The number of para-hydroxylation sites is 1. The summed E-state index contributed by atoms with van der Waals surface area (Å²) in [5.41, 5.74) is 0.638. The van der Waals surface area contributed by atoms with E-state index < -0.39 is 10.0 Å². The molecule has 2 N–H and O–H groups in total. The molecule has 0 radical (unpaired) electrons. The quantitative estimate of drug-likeness (QED) is 0.696. The molecule has 120 valence electrons. The Balaban J connectivity index is 2.95. The molecule has 6 heteroatoms. The van der Waals surface area contributed by atoms with Crippen LogP contribution in [-0.4, -0.2) is 34.7 Å². The van der Waals surface area contributed by atoms with Crippen LogP contribution >= 0.6 is 0 Å². The van der Waals surface area contributed by atoms with Gasteiger partial charge >= 0.3 is 0 Å². The van der Waals surface area contributed by atoms with E-state index in [0.29, 0.717) is 12.3 Å². The average Bonchev–Trinajstić information content (AvgIpc) is 2.45. The summed E-state index contributed by atoms with van der Waals surface area (Å²) in [5.74, 6) is 0. The first-order valence-corrected chi connectivity index (χ1v) is 8.87. The third-order valence-corrected chi connectivity index (χ3v) is 4.65. The molecule has 0 fully saturated rings. The van der Waals surface area contributed by atoms with E-state index in [2.05, 4.69) is 10.0 Å². The number of nitrogens with one attached hydrogen (secondary N) is 2. The summed E-state index contributed by atoms with van der Waals surface area (Å²) in [7, 11) is -1.98. The Kier molecular flexibility index (Phi) is 7.71. The van der Waals surface area contributed by atoms with Crippen LogP contribution < -0.4 is 10.0 Å². The third kappa shape index (κ3) is 5.65. The number of benzene rings is 1. The smallest absolute Gasteiger partial charge is 0.242 e. The van der Waals surface area contributed by atoms with Crippen LogP contribution in [0.25, 0.3) is 0 Å². The van der Waals surface area contributed by atoms with E-state index in [1.165, 1.54) is 0 Å². The van der Waals surface area contributed by atoms with Crippen LogP contribution in [0.2, 0.25) is 0 Å². The minimum Gasteiger partial charge on any atom is -0.384 e. The third-order valence-electron chi connectivity index (χ3n) is 3.07. The van der Waals surface area contributed by atoms with Crippen molar-refractivity contribution < 1.29 is 13.2 Å². The van der Waals surface area contributed by atoms with Crippen LogP contribution in [0.1, 0.15) is 33.1 Å². The molecule has 1 aromatic rings. The van der Waals surface area contributed by atoms with Crippen molar-refractivity contribution in [1.82, 2.24) is 4.72 Å². The van der Waals surface area contributed by atoms with Crippen LogP contribution in [-0.2, 0) is 14.8 Å². The van der Waals surface area contributed by atoms with Gasteiger partial charge in [0.2, 0.25) is 10.0 Å². The van der Waals surface area contributed by atoms with Crippen LogP contribution in [0.5, 0.6) is 0 Å². The van der Waals surface area contributed by atoms with Gasteiger partial charge in [-0.05, 0) is 25.0 Å². The van der Waals surface area contributed by atoms with Crippen molar-refractivity contribution in [3.8, 4) is 0 Å². The lowest BCUT2D eigenvalue weighted by Crippen LogP contribution is -2.38. The maximum atomic E-state index is 12.6. The van der Waals surface area contributed by atoms with Gasteiger partial charge < -0.3 is 10.1 Å². The molecule has 1 unspecified atom stereocenters. The van der Waals surface area contributed by atoms with E-state index in [0.717, 1.165) is 25.8 Å². The molecule has 0 aromatic heterocycles. The molecular weight excluding hydrogens is 288 g/mol. The molecule has 1 atom stereocenters. The summed E-state index contributed by atoms with van der Waals surface area (Å²) in [6.45, 7) is 5.17. The summed E-state index contributed by atoms with van der Waals surface area (Å²) in [5, 5.41) is 3.16. The molecule has 1 rings (SSSR count). The summed E-state index contributed by atoms with van der Waals surface area (Å²) in [4.78, 5) is 0.288. The molecule has 0 saturated carbocycles. The van der Waals surface area contributed by atoms with Crippen molar-refractivity contribution in [1.29, 1.82) is 0 Å². The minimum absolute atomic E-state index is 0.204. The molecule has 21 heavy (non-hydrogen) atoms. The van der Waals surface area contributed by atoms with Gasteiger partial charge in [-0.1, -0.05) is 32.4 Å². The van der Waals surface area contributed by atoms with Crippen molar-refractivity contribution in [2.24, 2.45) is 0 Å². The van der Waals surface area contributed by atoms with Crippen LogP contribution in [0.15, 0.2) is 29.2 Å². The minimum atomic E-state index is -3.56. The van der Waals surface area contributed by atoms with E-state index in [9.17, 15) is 8.42 Å². The number of hydrogen-bond donors (Lipinski definition) is 2. The zero-order valence-electron chi connectivity index (χ0n) is 13.1. The first-order chi connectivity index (χ1) is 10.0. The Morgan fingerprint density at radius 2 is 1.90 bits per heavy atom. The summed E-state index contributed by atoms with van der Waals surface area (Å²) >= 11 is 0. The van der Waals surface area contributed by atoms with Gasteiger partial charge in [0.05, 0.1) is 12.3 Å². The molecule has 0 aliphatic rings. The zero-order valence-corrected chi connectivity index (χ0v) is 13.9. The van der Waals surface area contributed by atoms with Gasteiger partial charge in [-0.15, -0.1) is 0 Å². The second kappa shape index (κ2) is 9.02. The predicted octanol–water partition coefficient (Wildman–Crippen LogP) is 2.60. The zero-order chi connectivity index (χ0) is 15.7. The number of sulfonamides is 1. The van der Waals surface area contributed by atoms with Crippen molar-refractivity contribution in [3.05, 3.63) is 24.3 Å². The van der Waals surface area contributed by atoms with Crippen molar-refractivity contribution in [2.45, 2.75) is 44.0 Å². The second-order valence-corrected chi connectivity index (χ2v) is 6.67. The molecule has 5 nitrogen and oxygen atoms in total. The number of hydrogen-bond acceptors (Lipinski definition) is 4. The lowest BCUT2D eigenvalue weighted by atomic mass is 10.2. The molecule has 0 bridgehead atoms. The highest BCUT2D eigenvalue weighted by Crippen LogP contribution is 2.21. The lowest BCUT2D eigenvalue weighted by Gasteiger charge is -2.19. The second-order valence-electron chi connectivity index (χ2n) is 4.99. The highest BCUT2D eigenvalue weighted by Gasteiger charge is 2.22. The molecule has 0 saturated heterocycles. The largest absolute Gasteiger partial charge is 0.384 e. The predicted molar refractivity (Wildman–Crippen MR) is 86.1 cm³/mol. The van der Waals surface area contributed by atoms with Gasteiger partial charge in [0.25, 0.3) is 0 Å². The van der Waals surface area contributed by atoms with Crippen LogP contribution in [0.4, 0.5) is 5.69 Å². The standard InChI is InChI=1S/C15H26N2O3S/c1-4-8-13(12-20-3)17-21(18,19)15-10-7-6-9-14(15)16-11-5-2/h6-7,9-10,13,16-17H,4-5,8,11-12H2,1-3H3. The Bertz CT molecular complexity index is 511. The van der Waals surface area contributed by atoms with Crippen LogP contribution in [0, 0.1) is 0 Å². The highest BCUT2D eigenvalue weighted by atomic mass is 32.2. The number of anilines is 1. The Morgan fingerprint density at radius 3 is 2.52 bits per heavy atom. The molecule has 0 heterocycles. The van der Waals surface area contributed by atoms with Crippen molar-refractivity contribution in [2.75, 3.05) is 25.6 Å². The first kappa shape index (κ1) is 17.9. The average molecular weight is 314 g/mol. The van der Waals surface area contributed by atoms with Crippen molar-refractivity contribution in [3.63, 3.8) is 0 Å². The maximum Gasteiger partial charge on any atom is 0.242 e. The number of rotatable bonds is 10. The summed E-state index contributed by atoms with van der Waals surface area (Å²) in [6, 6.07) is 6.77. The molecule has 0 aliphatic carbocycles. The number of ether oxygens (including phenoxy) is 1. The van der Waals surface area contributed by atoms with Gasteiger partial charge in [0.1, 0.15) is 4.90 Å². The van der Waals surface area contributed by atoms with E-state index >= 15 is 0 Å². The van der Waals surface area contributed by atoms with Gasteiger partial charge in [0, 0.05) is 19.7 Å². The summed E-state index contributed by atoms with van der Waals surface area (Å²) in [6.07, 6.45) is 2.58. The fraction of sp³-hybridized carbons (Fsp3) is 0.600. The Labute approximate surface area is 128 Å². The topological polar surface area (TPSA) is 67.4 Å². The first-order valence-electron chi connectivity index (χ1n) is 7.39. The highest BCUT2D eigenvalue weighted by molar-refractivity contribution is 7.89. The Hall–Kier alpha value is -1.11.